The molecule has 112 valence electrons. The lowest BCUT2D eigenvalue weighted by atomic mass is 9.91. The van der Waals surface area contributed by atoms with Crippen molar-refractivity contribution in [2.45, 2.75) is 65.0 Å². The molecule has 1 aliphatic rings. The quantitative estimate of drug-likeness (QED) is 0.870. The van der Waals surface area contributed by atoms with Crippen molar-refractivity contribution in [3.8, 4) is 0 Å². The first-order valence-corrected chi connectivity index (χ1v) is 7.71. The molecule has 1 heterocycles. The van der Waals surface area contributed by atoms with Gasteiger partial charge in [0.05, 0.1) is 5.56 Å². The van der Waals surface area contributed by atoms with E-state index in [-0.39, 0.29) is 5.91 Å². The van der Waals surface area contributed by atoms with Crippen LogP contribution in [0, 0.1) is 13.8 Å². The van der Waals surface area contributed by atoms with Gasteiger partial charge in [-0.15, -0.1) is 0 Å². The summed E-state index contributed by atoms with van der Waals surface area (Å²) >= 11 is 0. The molecule has 1 amide bonds. The van der Waals surface area contributed by atoms with E-state index in [2.05, 4.69) is 17.6 Å². The van der Waals surface area contributed by atoms with E-state index in [4.69, 9.17) is 4.42 Å². The molecule has 0 aliphatic heterocycles. The number of carbonyl (C=O) groups excluding carboxylic acids is 1. The minimum atomic E-state index is 0.00400. The summed E-state index contributed by atoms with van der Waals surface area (Å²) in [7, 11) is 0. The van der Waals surface area contributed by atoms with E-state index in [1.54, 1.807) is 0 Å². The largest absolute Gasteiger partial charge is 0.466 e. The Bertz CT molecular complexity index is 445. The van der Waals surface area contributed by atoms with Crippen molar-refractivity contribution in [2.24, 2.45) is 0 Å². The molecule has 4 nitrogen and oxygen atoms in total. The van der Waals surface area contributed by atoms with Gasteiger partial charge in [-0.1, -0.05) is 6.92 Å². The maximum absolute atomic E-state index is 12.2. The molecule has 1 fully saturated rings. The van der Waals surface area contributed by atoms with Crippen molar-refractivity contribution in [1.29, 1.82) is 0 Å². The third-order valence-electron chi connectivity index (χ3n) is 4.03. The predicted octanol–water partition coefficient (Wildman–Crippen LogP) is 2.94. The topological polar surface area (TPSA) is 54.3 Å². The van der Waals surface area contributed by atoms with Crippen molar-refractivity contribution in [2.75, 3.05) is 6.54 Å². The van der Waals surface area contributed by atoms with Crippen molar-refractivity contribution in [3.05, 3.63) is 23.2 Å². The van der Waals surface area contributed by atoms with E-state index in [1.807, 2.05) is 19.9 Å². The van der Waals surface area contributed by atoms with Crippen molar-refractivity contribution in [3.63, 3.8) is 0 Å². The monoisotopic (exact) mass is 278 g/mol. The fraction of sp³-hybridized carbons (Fsp3) is 0.688. The number of furan rings is 1. The predicted molar refractivity (Wildman–Crippen MR) is 80.0 cm³/mol. The van der Waals surface area contributed by atoms with Crippen LogP contribution in [0.5, 0.6) is 0 Å². The van der Waals surface area contributed by atoms with Gasteiger partial charge >= 0.3 is 0 Å². The molecule has 0 atom stereocenters. The van der Waals surface area contributed by atoms with E-state index < -0.39 is 0 Å². The third-order valence-corrected chi connectivity index (χ3v) is 4.03. The highest BCUT2D eigenvalue weighted by atomic mass is 16.3. The fourth-order valence-corrected chi connectivity index (χ4v) is 2.91. The first kappa shape index (κ1) is 15.1. The Hall–Kier alpha value is -1.29. The second-order valence-electron chi connectivity index (χ2n) is 5.80. The van der Waals surface area contributed by atoms with Crippen LogP contribution in [0.4, 0.5) is 0 Å². The maximum Gasteiger partial charge on any atom is 0.255 e. The van der Waals surface area contributed by atoms with E-state index in [9.17, 15) is 4.79 Å². The zero-order chi connectivity index (χ0) is 14.5. The van der Waals surface area contributed by atoms with Crippen LogP contribution in [-0.4, -0.2) is 24.5 Å². The lowest BCUT2D eigenvalue weighted by Crippen LogP contribution is -2.42. The Labute approximate surface area is 121 Å². The molecule has 1 aliphatic carbocycles. The van der Waals surface area contributed by atoms with Gasteiger partial charge in [-0.2, -0.15) is 0 Å². The standard InChI is InChI=1S/C16H26N2O2/c1-4-9-17-13-5-7-14(8-6-13)18-16(19)15-10-11(2)20-12(15)3/h10,13-14,17H,4-9H2,1-3H3,(H,18,19). The summed E-state index contributed by atoms with van der Waals surface area (Å²) in [5.74, 6) is 1.50. The summed E-state index contributed by atoms with van der Waals surface area (Å²) in [4.78, 5) is 12.2. The highest BCUT2D eigenvalue weighted by molar-refractivity contribution is 5.95. The average Bonchev–Trinajstić information content (AvgIpc) is 2.77. The van der Waals surface area contributed by atoms with E-state index in [0.717, 1.165) is 38.0 Å². The number of nitrogens with one attached hydrogen (secondary N) is 2. The number of amides is 1. The Morgan fingerprint density at radius 3 is 2.45 bits per heavy atom. The van der Waals surface area contributed by atoms with Gasteiger partial charge in [0.15, 0.2) is 0 Å². The van der Waals surface area contributed by atoms with Crippen molar-refractivity contribution in [1.82, 2.24) is 10.6 Å². The molecule has 0 bridgehead atoms. The summed E-state index contributed by atoms with van der Waals surface area (Å²) in [6.07, 6.45) is 5.59. The summed E-state index contributed by atoms with van der Waals surface area (Å²) in [6.45, 7) is 6.99. The smallest absolute Gasteiger partial charge is 0.255 e. The second-order valence-corrected chi connectivity index (χ2v) is 5.80. The van der Waals surface area contributed by atoms with Gasteiger partial charge in [0.1, 0.15) is 11.5 Å². The van der Waals surface area contributed by atoms with E-state index in [0.29, 0.717) is 23.4 Å². The Kier molecular flexibility index (Phi) is 5.24. The molecular weight excluding hydrogens is 252 g/mol. The van der Waals surface area contributed by atoms with Crippen LogP contribution in [0.3, 0.4) is 0 Å². The maximum atomic E-state index is 12.2. The van der Waals surface area contributed by atoms with Gasteiger partial charge < -0.3 is 15.1 Å². The molecule has 0 radical (unpaired) electrons. The van der Waals surface area contributed by atoms with Gasteiger partial charge in [-0.25, -0.2) is 0 Å². The van der Waals surface area contributed by atoms with Crippen LogP contribution in [-0.2, 0) is 0 Å². The summed E-state index contributed by atoms with van der Waals surface area (Å²) in [5, 5.41) is 6.70. The molecule has 0 spiro atoms. The van der Waals surface area contributed by atoms with Crippen LogP contribution >= 0.6 is 0 Å². The Morgan fingerprint density at radius 1 is 1.25 bits per heavy atom. The zero-order valence-electron chi connectivity index (χ0n) is 12.8. The van der Waals surface area contributed by atoms with Crippen LogP contribution in [0.25, 0.3) is 0 Å². The zero-order valence-corrected chi connectivity index (χ0v) is 12.8. The minimum Gasteiger partial charge on any atom is -0.466 e. The molecule has 1 aromatic heterocycles. The molecule has 0 unspecified atom stereocenters. The second kappa shape index (κ2) is 6.93. The van der Waals surface area contributed by atoms with Gasteiger partial charge in [0.2, 0.25) is 0 Å². The van der Waals surface area contributed by atoms with Gasteiger partial charge in [0.25, 0.3) is 5.91 Å². The molecule has 4 heteroatoms. The number of rotatable bonds is 5. The van der Waals surface area contributed by atoms with E-state index >= 15 is 0 Å². The molecule has 1 aromatic rings. The van der Waals surface area contributed by atoms with Gasteiger partial charge in [0, 0.05) is 12.1 Å². The molecule has 1 saturated carbocycles. The Balaban J connectivity index is 1.80. The Morgan fingerprint density at radius 2 is 1.90 bits per heavy atom. The van der Waals surface area contributed by atoms with E-state index in [1.165, 1.54) is 6.42 Å². The third kappa shape index (κ3) is 3.85. The molecule has 2 N–H and O–H groups in total. The molecule has 20 heavy (non-hydrogen) atoms. The van der Waals surface area contributed by atoms with Crippen LogP contribution in [0.2, 0.25) is 0 Å². The highest BCUT2D eigenvalue weighted by Gasteiger charge is 2.23. The molecule has 0 saturated heterocycles. The first-order valence-electron chi connectivity index (χ1n) is 7.71. The molecular formula is C16H26N2O2. The van der Waals surface area contributed by atoms with Crippen molar-refractivity contribution >= 4 is 5.91 Å². The van der Waals surface area contributed by atoms with Gasteiger partial charge in [-0.3, -0.25) is 4.79 Å². The SMILES string of the molecule is CCCNC1CCC(NC(=O)c2cc(C)oc2C)CC1. The summed E-state index contributed by atoms with van der Waals surface area (Å²) in [5.41, 5.74) is 0.675. The molecule has 2 rings (SSSR count). The average molecular weight is 278 g/mol. The first-order chi connectivity index (χ1) is 9.60. The number of aryl methyl sites for hydroxylation is 2. The summed E-state index contributed by atoms with van der Waals surface area (Å²) in [6, 6.07) is 2.75. The van der Waals surface area contributed by atoms with Crippen LogP contribution in [0.15, 0.2) is 10.5 Å². The number of hydrogen-bond acceptors (Lipinski definition) is 3. The van der Waals surface area contributed by atoms with Gasteiger partial charge in [-0.05, 0) is 58.6 Å². The van der Waals surface area contributed by atoms with Crippen molar-refractivity contribution < 1.29 is 9.21 Å². The highest BCUT2D eigenvalue weighted by Crippen LogP contribution is 2.20. The lowest BCUT2D eigenvalue weighted by Gasteiger charge is -2.29. The normalized spacial score (nSPS) is 22.8. The molecule has 0 aromatic carbocycles. The fourth-order valence-electron chi connectivity index (χ4n) is 2.91. The van der Waals surface area contributed by atoms with Crippen LogP contribution < -0.4 is 10.6 Å². The number of hydrogen-bond donors (Lipinski definition) is 2. The number of carbonyl (C=O) groups is 1. The summed E-state index contributed by atoms with van der Waals surface area (Å²) < 4.78 is 5.42. The minimum absolute atomic E-state index is 0.00400. The van der Waals surface area contributed by atoms with Crippen LogP contribution in [0.1, 0.15) is 60.9 Å². The lowest BCUT2D eigenvalue weighted by molar-refractivity contribution is 0.0923.